The second-order valence-corrected chi connectivity index (χ2v) is 12.8. The molecule has 0 aliphatic heterocycles. The molecule has 1 amide bonds. The van der Waals surface area contributed by atoms with Gasteiger partial charge in [-0.15, -0.1) is 0 Å². The maximum Gasteiger partial charge on any atom is 0.222 e. The van der Waals surface area contributed by atoms with Gasteiger partial charge in [0, 0.05) is 0 Å². The fourth-order valence-corrected chi connectivity index (χ4v) is 5.69. The van der Waals surface area contributed by atoms with Gasteiger partial charge in [-0.3, -0.25) is 4.79 Å². The number of carbonyl (C=O) groups is 1. The van der Waals surface area contributed by atoms with Gasteiger partial charge in [0.1, 0.15) is 0 Å². The minimum absolute atomic E-state index is 0.0173. The standard InChI is InChI=1S/C37H73NO4/c1-3-5-7-9-11-13-15-16-17-18-19-20-21-23-25-27-29-31-36(41)35(33-39)38-37(42)32-34(40)30-28-26-24-22-14-12-10-8-6-4-2/h29,31,34-36,39-41H,3-28,30,32-33H2,1-2H3,(H,38,42)/b31-29+. The summed E-state index contributed by atoms with van der Waals surface area (Å²) >= 11 is 0. The highest BCUT2D eigenvalue weighted by molar-refractivity contribution is 5.76. The van der Waals surface area contributed by atoms with E-state index in [0.717, 1.165) is 25.7 Å². The zero-order valence-corrected chi connectivity index (χ0v) is 28.1. The van der Waals surface area contributed by atoms with Crippen molar-refractivity contribution >= 4 is 5.91 Å². The van der Waals surface area contributed by atoms with Crippen LogP contribution in [0.25, 0.3) is 0 Å². The average molecular weight is 596 g/mol. The Balaban J connectivity index is 3.71. The lowest BCUT2D eigenvalue weighted by atomic mass is 10.0. The van der Waals surface area contributed by atoms with E-state index in [-0.39, 0.29) is 18.9 Å². The predicted molar refractivity (Wildman–Crippen MR) is 181 cm³/mol. The van der Waals surface area contributed by atoms with Gasteiger partial charge in [0.05, 0.1) is 31.3 Å². The molecule has 250 valence electrons. The first-order valence-electron chi connectivity index (χ1n) is 18.5. The summed E-state index contributed by atoms with van der Waals surface area (Å²) in [5, 5.41) is 33.0. The summed E-state index contributed by atoms with van der Waals surface area (Å²) in [5.41, 5.74) is 0. The van der Waals surface area contributed by atoms with Gasteiger partial charge in [0.2, 0.25) is 5.91 Å². The van der Waals surface area contributed by atoms with Crippen LogP contribution in [0.4, 0.5) is 0 Å². The quantitative estimate of drug-likeness (QED) is 0.0449. The topological polar surface area (TPSA) is 89.8 Å². The van der Waals surface area contributed by atoms with Crippen molar-refractivity contribution in [3.63, 3.8) is 0 Å². The number of hydrogen-bond acceptors (Lipinski definition) is 4. The molecule has 0 heterocycles. The molecule has 0 aromatic rings. The predicted octanol–water partition coefficient (Wildman–Crippen LogP) is 9.70. The minimum atomic E-state index is -0.922. The van der Waals surface area contributed by atoms with E-state index in [9.17, 15) is 20.1 Å². The lowest BCUT2D eigenvalue weighted by molar-refractivity contribution is -0.124. The Bertz CT molecular complexity index is 582. The van der Waals surface area contributed by atoms with Crippen LogP contribution in [-0.4, -0.2) is 46.1 Å². The molecule has 0 fully saturated rings. The fourth-order valence-electron chi connectivity index (χ4n) is 5.69. The summed E-state index contributed by atoms with van der Waals surface area (Å²) < 4.78 is 0. The van der Waals surface area contributed by atoms with E-state index in [1.807, 2.05) is 6.08 Å². The second kappa shape index (κ2) is 33.0. The summed E-state index contributed by atoms with van der Waals surface area (Å²) in [6.45, 7) is 4.19. The maximum absolute atomic E-state index is 12.3. The number of aliphatic hydroxyl groups excluding tert-OH is 3. The Hall–Kier alpha value is -0.910. The summed E-state index contributed by atoms with van der Waals surface area (Å²) in [6.07, 6.45) is 36.2. The van der Waals surface area contributed by atoms with Crippen LogP contribution in [0.2, 0.25) is 0 Å². The van der Waals surface area contributed by atoms with E-state index in [1.54, 1.807) is 6.08 Å². The van der Waals surface area contributed by atoms with E-state index in [4.69, 9.17) is 0 Å². The van der Waals surface area contributed by atoms with Crippen molar-refractivity contribution in [2.45, 2.75) is 212 Å². The number of aliphatic hydroxyl groups is 3. The number of hydrogen-bond donors (Lipinski definition) is 4. The highest BCUT2D eigenvalue weighted by Crippen LogP contribution is 2.15. The lowest BCUT2D eigenvalue weighted by Gasteiger charge is -2.21. The second-order valence-electron chi connectivity index (χ2n) is 12.8. The van der Waals surface area contributed by atoms with Crippen LogP contribution in [0.15, 0.2) is 12.2 Å². The zero-order chi connectivity index (χ0) is 30.9. The van der Waals surface area contributed by atoms with Crippen molar-refractivity contribution in [2.75, 3.05) is 6.61 Å². The van der Waals surface area contributed by atoms with Crippen LogP contribution in [-0.2, 0) is 4.79 Å². The fraction of sp³-hybridized carbons (Fsp3) is 0.919. The van der Waals surface area contributed by atoms with Gasteiger partial charge in [-0.1, -0.05) is 180 Å². The van der Waals surface area contributed by atoms with Crippen LogP contribution < -0.4 is 5.32 Å². The first-order chi connectivity index (χ1) is 20.5. The largest absolute Gasteiger partial charge is 0.394 e. The molecule has 0 radical (unpaired) electrons. The van der Waals surface area contributed by atoms with Gasteiger partial charge in [0.15, 0.2) is 0 Å². The molecule has 5 nitrogen and oxygen atoms in total. The Kier molecular flexibility index (Phi) is 32.3. The summed E-state index contributed by atoms with van der Waals surface area (Å²) in [4.78, 5) is 12.3. The van der Waals surface area contributed by atoms with E-state index in [2.05, 4.69) is 19.2 Å². The SMILES string of the molecule is CCCCCCCCCCCCCCCCC/C=C/C(O)C(CO)NC(=O)CC(O)CCCCCCCCCCCC. The third-order valence-corrected chi connectivity index (χ3v) is 8.57. The molecule has 42 heavy (non-hydrogen) atoms. The maximum atomic E-state index is 12.3. The van der Waals surface area contributed by atoms with E-state index >= 15 is 0 Å². The highest BCUT2D eigenvalue weighted by Gasteiger charge is 2.20. The van der Waals surface area contributed by atoms with Gasteiger partial charge >= 0.3 is 0 Å². The molecule has 0 aromatic carbocycles. The lowest BCUT2D eigenvalue weighted by Crippen LogP contribution is -2.45. The molecule has 0 rings (SSSR count). The summed E-state index contributed by atoms with van der Waals surface area (Å²) in [5.74, 6) is -0.316. The van der Waals surface area contributed by atoms with Gasteiger partial charge in [-0.2, -0.15) is 0 Å². The molecule has 3 unspecified atom stereocenters. The first kappa shape index (κ1) is 41.1. The number of amides is 1. The van der Waals surface area contributed by atoms with Gasteiger partial charge in [-0.05, 0) is 19.3 Å². The molecule has 5 heteroatoms. The number of unbranched alkanes of at least 4 members (excludes halogenated alkanes) is 24. The van der Waals surface area contributed by atoms with Gasteiger partial charge in [0.25, 0.3) is 0 Å². The van der Waals surface area contributed by atoms with Crippen LogP contribution in [0.3, 0.4) is 0 Å². The van der Waals surface area contributed by atoms with Crippen LogP contribution in [0.5, 0.6) is 0 Å². The number of nitrogens with one attached hydrogen (secondary N) is 1. The molecule has 0 saturated heterocycles. The summed E-state index contributed by atoms with van der Waals surface area (Å²) in [7, 11) is 0. The first-order valence-corrected chi connectivity index (χ1v) is 18.5. The Morgan fingerprint density at radius 2 is 0.976 bits per heavy atom. The third kappa shape index (κ3) is 29.2. The van der Waals surface area contributed by atoms with Crippen molar-refractivity contribution in [3.8, 4) is 0 Å². The van der Waals surface area contributed by atoms with Crippen molar-refractivity contribution < 1.29 is 20.1 Å². The third-order valence-electron chi connectivity index (χ3n) is 8.57. The van der Waals surface area contributed by atoms with Crippen molar-refractivity contribution in [1.29, 1.82) is 0 Å². The molecule has 0 bridgehead atoms. The molecule has 0 spiro atoms. The van der Waals surface area contributed by atoms with Crippen molar-refractivity contribution in [3.05, 3.63) is 12.2 Å². The smallest absolute Gasteiger partial charge is 0.222 e. The van der Waals surface area contributed by atoms with Crippen LogP contribution in [0, 0.1) is 0 Å². The molecule has 4 N–H and O–H groups in total. The van der Waals surface area contributed by atoms with Crippen LogP contribution in [0.1, 0.15) is 194 Å². The Labute approximate surface area is 261 Å². The Morgan fingerprint density at radius 3 is 1.38 bits per heavy atom. The van der Waals surface area contributed by atoms with E-state index in [1.165, 1.54) is 141 Å². The van der Waals surface area contributed by atoms with Crippen LogP contribution >= 0.6 is 0 Å². The van der Waals surface area contributed by atoms with Gasteiger partial charge < -0.3 is 20.6 Å². The minimum Gasteiger partial charge on any atom is -0.394 e. The molecule has 0 aromatic heterocycles. The molecule has 0 aliphatic carbocycles. The van der Waals surface area contributed by atoms with E-state index in [0.29, 0.717) is 6.42 Å². The zero-order valence-electron chi connectivity index (χ0n) is 28.1. The van der Waals surface area contributed by atoms with Crippen molar-refractivity contribution in [1.82, 2.24) is 5.32 Å². The highest BCUT2D eigenvalue weighted by atomic mass is 16.3. The Morgan fingerprint density at radius 1 is 0.595 bits per heavy atom. The van der Waals surface area contributed by atoms with E-state index < -0.39 is 18.2 Å². The number of rotatable bonds is 33. The normalized spacial score (nSPS) is 13.9. The molecular formula is C37H73NO4. The summed E-state index contributed by atoms with van der Waals surface area (Å²) in [6, 6.07) is -0.737. The van der Waals surface area contributed by atoms with Crippen molar-refractivity contribution in [2.24, 2.45) is 0 Å². The molecule has 0 aliphatic rings. The average Bonchev–Trinajstić information content (AvgIpc) is 2.98. The monoisotopic (exact) mass is 596 g/mol. The number of carbonyl (C=O) groups excluding carboxylic acids is 1. The molecular weight excluding hydrogens is 522 g/mol. The molecule has 3 atom stereocenters. The number of allylic oxidation sites excluding steroid dienone is 1. The van der Waals surface area contributed by atoms with Gasteiger partial charge in [-0.25, -0.2) is 0 Å². The molecule has 0 saturated carbocycles.